The van der Waals surface area contributed by atoms with Gasteiger partial charge in [0.2, 0.25) is 0 Å². The van der Waals surface area contributed by atoms with Crippen molar-refractivity contribution in [3.63, 3.8) is 0 Å². The number of nitrogens with one attached hydrogen (secondary N) is 1. The van der Waals surface area contributed by atoms with Crippen LogP contribution in [-0.4, -0.2) is 14.6 Å². The van der Waals surface area contributed by atoms with E-state index in [4.69, 9.17) is 0 Å². The Morgan fingerprint density at radius 1 is 1.00 bits per heavy atom. The highest BCUT2D eigenvalue weighted by molar-refractivity contribution is 9.10. The van der Waals surface area contributed by atoms with Gasteiger partial charge in [-0.15, -0.1) is 0 Å². The Kier molecular flexibility index (Phi) is 4.34. The van der Waals surface area contributed by atoms with E-state index in [2.05, 4.69) is 25.9 Å². The summed E-state index contributed by atoms with van der Waals surface area (Å²) in [6, 6.07) is 15.5. The van der Waals surface area contributed by atoms with Gasteiger partial charge in [-0.3, -0.25) is 0 Å². The van der Waals surface area contributed by atoms with Crippen LogP contribution in [0.2, 0.25) is 0 Å². The molecule has 2 aromatic rings. The monoisotopic (exact) mass is 338 g/mol. The van der Waals surface area contributed by atoms with Gasteiger partial charge < -0.3 is 0 Å². The van der Waals surface area contributed by atoms with E-state index < -0.39 is 10.0 Å². The normalized spacial score (nSPS) is 11.6. The second-order valence-electron chi connectivity index (χ2n) is 3.72. The molecule has 0 aliphatic heterocycles. The van der Waals surface area contributed by atoms with Crippen molar-refractivity contribution in [1.29, 1.82) is 0 Å². The van der Waals surface area contributed by atoms with Crippen molar-refractivity contribution in [1.82, 2.24) is 4.83 Å². The molecule has 0 amide bonds. The Hall–Kier alpha value is -1.66. The molecule has 0 radical (unpaired) electrons. The Morgan fingerprint density at radius 3 is 2.26 bits per heavy atom. The van der Waals surface area contributed by atoms with Gasteiger partial charge in [0.1, 0.15) is 0 Å². The molecule has 0 heterocycles. The van der Waals surface area contributed by atoms with Gasteiger partial charge in [-0.05, 0) is 29.8 Å². The van der Waals surface area contributed by atoms with Crippen molar-refractivity contribution in [3.8, 4) is 0 Å². The van der Waals surface area contributed by atoms with Crippen LogP contribution < -0.4 is 4.83 Å². The van der Waals surface area contributed by atoms with E-state index >= 15 is 0 Å². The Bertz CT molecular complexity index is 668. The molecule has 2 aromatic carbocycles. The lowest BCUT2D eigenvalue weighted by atomic mass is 10.2. The topological polar surface area (TPSA) is 58.5 Å². The maximum atomic E-state index is 11.8. The fraction of sp³-hybridized carbons (Fsp3) is 0. The highest BCUT2D eigenvalue weighted by Gasteiger charge is 2.10. The molecule has 4 nitrogen and oxygen atoms in total. The number of halogens is 1. The smallest absolute Gasteiger partial charge is 0.200 e. The first-order valence-electron chi connectivity index (χ1n) is 5.43. The van der Waals surface area contributed by atoms with E-state index in [1.165, 1.54) is 18.3 Å². The standard InChI is InChI=1S/C13H11BrN2O2S/c14-12-8-6-11(7-9-12)10-15-16-19(17,18)13-4-2-1-3-5-13/h1-10,16H/b15-10-. The van der Waals surface area contributed by atoms with Gasteiger partial charge in [0, 0.05) is 4.47 Å². The van der Waals surface area contributed by atoms with Gasteiger partial charge in [0.15, 0.2) is 0 Å². The third-order valence-corrected chi connectivity index (χ3v) is 4.08. The maximum Gasteiger partial charge on any atom is 0.276 e. The average Bonchev–Trinajstić information content (AvgIpc) is 2.42. The van der Waals surface area contributed by atoms with Crippen LogP contribution in [0, 0.1) is 0 Å². The molecule has 0 aliphatic carbocycles. The molecule has 0 aromatic heterocycles. The summed E-state index contributed by atoms with van der Waals surface area (Å²) in [5.74, 6) is 0. The van der Waals surface area contributed by atoms with Gasteiger partial charge in [-0.2, -0.15) is 13.5 Å². The fourth-order valence-electron chi connectivity index (χ4n) is 1.37. The Labute approximate surface area is 120 Å². The number of nitrogens with zero attached hydrogens (tertiary/aromatic N) is 1. The predicted octanol–water partition coefficient (Wildman–Crippen LogP) is 2.76. The van der Waals surface area contributed by atoms with Crippen LogP contribution in [0.5, 0.6) is 0 Å². The molecule has 0 aliphatic rings. The molecule has 6 heteroatoms. The number of hydrazone groups is 1. The summed E-state index contributed by atoms with van der Waals surface area (Å²) in [5.41, 5.74) is 0.805. The van der Waals surface area contributed by atoms with Crippen LogP contribution in [0.1, 0.15) is 5.56 Å². The lowest BCUT2D eigenvalue weighted by Gasteiger charge is -2.02. The quantitative estimate of drug-likeness (QED) is 0.688. The largest absolute Gasteiger partial charge is 0.276 e. The molecule has 0 unspecified atom stereocenters. The second kappa shape index (κ2) is 5.99. The minimum absolute atomic E-state index is 0.183. The first-order chi connectivity index (χ1) is 9.08. The van der Waals surface area contributed by atoms with Crippen LogP contribution in [0.25, 0.3) is 0 Å². The third-order valence-electron chi connectivity index (χ3n) is 2.31. The van der Waals surface area contributed by atoms with E-state index in [1.807, 2.05) is 24.3 Å². The minimum Gasteiger partial charge on any atom is -0.200 e. The lowest BCUT2D eigenvalue weighted by Crippen LogP contribution is -2.18. The predicted molar refractivity (Wildman–Crippen MR) is 78.5 cm³/mol. The summed E-state index contributed by atoms with van der Waals surface area (Å²) < 4.78 is 24.6. The van der Waals surface area contributed by atoms with Gasteiger partial charge in [-0.1, -0.05) is 46.3 Å². The number of rotatable bonds is 4. The highest BCUT2D eigenvalue weighted by atomic mass is 79.9. The van der Waals surface area contributed by atoms with E-state index in [0.717, 1.165) is 10.0 Å². The SMILES string of the molecule is O=S(=O)(N/N=C\c1ccc(Br)cc1)c1ccccc1. The number of hydrogen-bond donors (Lipinski definition) is 1. The molecule has 98 valence electrons. The molecule has 0 atom stereocenters. The van der Waals surface area contributed by atoms with E-state index in [9.17, 15) is 8.42 Å². The van der Waals surface area contributed by atoms with Crippen molar-refractivity contribution in [2.45, 2.75) is 4.90 Å². The zero-order valence-corrected chi connectivity index (χ0v) is 12.2. The molecule has 2 rings (SSSR count). The lowest BCUT2D eigenvalue weighted by molar-refractivity contribution is 0.584. The molecule has 0 fully saturated rings. The zero-order chi connectivity index (χ0) is 13.7. The number of sulfonamides is 1. The van der Waals surface area contributed by atoms with E-state index in [0.29, 0.717) is 0 Å². The fourth-order valence-corrected chi connectivity index (χ4v) is 2.45. The molecule has 19 heavy (non-hydrogen) atoms. The molecule has 0 saturated heterocycles. The van der Waals surface area contributed by atoms with Crippen LogP contribution in [0.15, 0.2) is 69.1 Å². The highest BCUT2D eigenvalue weighted by Crippen LogP contribution is 2.09. The van der Waals surface area contributed by atoms with Gasteiger partial charge in [0.25, 0.3) is 10.0 Å². The molecule has 0 bridgehead atoms. The summed E-state index contributed by atoms with van der Waals surface area (Å²) in [6.07, 6.45) is 1.45. The summed E-state index contributed by atoms with van der Waals surface area (Å²) in [6.45, 7) is 0. The summed E-state index contributed by atoms with van der Waals surface area (Å²) >= 11 is 3.32. The van der Waals surface area contributed by atoms with Crippen LogP contribution in [-0.2, 0) is 10.0 Å². The Morgan fingerprint density at radius 2 is 1.63 bits per heavy atom. The summed E-state index contributed by atoms with van der Waals surface area (Å²) in [5, 5.41) is 3.74. The second-order valence-corrected chi connectivity index (χ2v) is 6.29. The Balaban J connectivity index is 2.08. The van der Waals surface area contributed by atoms with Crippen LogP contribution in [0.3, 0.4) is 0 Å². The number of hydrogen-bond acceptors (Lipinski definition) is 3. The van der Waals surface area contributed by atoms with Crippen LogP contribution in [0.4, 0.5) is 0 Å². The molecular formula is C13H11BrN2O2S. The number of benzene rings is 2. The van der Waals surface area contributed by atoms with Crippen molar-refractivity contribution in [2.75, 3.05) is 0 Å². The first kappa shape index (κ1) is 13.8. The van der Waals surface area contributed by atoms with Crippen molar-refractivity contribution in [3.05, 3.63) is 64.6 Å². The van der Waals surface area contributed by atoms with E-state index in [-0.39, 0.29) is 4.90 Å². The first-order valence-corrected chi connectivity index (χ1v) is 7.71. The molecule has 0 saturated carbocycles. The maximum absolute atomic E-state index is 11.8. The zero-order valence-electron chi connectivity index (χ0n) is 9.82. The summed E-state index contributed by atoms with van der Waals surface area (Å²) in [7, 11) is -3.60. The van der Waals surface area contributed by atoms with Crippen LogP contribution >= 0.6 is 15.9 Å². The van der Waals surface area contributed by atoms with E-state index in [1.54, 1.807) is 18.2 Å². The van der Waals surface area contributed by atoms with Gasteiger partial charge >= 0.3 is 0 Å². The molecular weight excluding hydrogens is 328 g/mol. The van der Waals surface area contributed by atoms with Gasteiger partial charge in [-0.25, -0.2) is 4.83 Å². The third kappa shape index (κ3) is 3.90. The van der Waals surface area contributed by atoms with Crippen molar-refractivity contribution < 1.29 is 8.42 Å². The molecule has 1 N–H and O–H groups in total. The molecule has 0 spiro atoms. The van der Waals surface area contributed by atoms with Crippen molar-refractivity contribution in [2.24, 2.45) is 5.10 Å². The average molecular weight is 339 g/mol. The van der Waals surface area contributed by atoms with Gasteiger partial charge in [0.05, 0.1) is 11.1 Å². The van der Waals surface area contributed by atoms with Crippen molar-refractivity contribution >= 4 is 32.2 Å². The minimum atomic E-state index is -3.60. The summed E-state index contributed by atoms with van der Waals surface area (Å²) in [4.78, 5) is 2.35.